The second-order valence-electron chi connectivity index (χ2n) is 2.83. The number of nitrogens with zero attached hydrogens (tertiary/aromatic N) is 2. The van der Waals surface area contributed by atoms with Crippen LogP contribution in [-0.4, -0.2) is 14.2 Å². The number of benzene rings is 1. The summed E-state index contributed by atoms with van der Waals surface area (Å²) in [6.45, 7) is 0. The second-order valence-corrected chi connectivity index (χ2v) is 4.55. The van der Waals surface area contributed by atoms with Crippen LogP contribution in [0.5, 0.6) is 0 Å². The fraction of sp³-hybridized carbons (Fsp3) is 0.111. The lowest BCUT2D eigenvalue weighted by molar-refractivity contribution is 0.601. The van der Waals surface area contributed by atoms with Gasteiger partial charge >= 0.3 is 0 Å². The van der Waals surface area contributed by atoms with Gasteiger partial charge in [-0.3, -0.25) is 4.72 Å². The van der Waals surface area contributed by atoms with E-state index in [-0.39, 0.29) is 11.3 Å². The third-order valence-corrected chi connectivity index (χ3v) is 2.66. The third-order valence-electron chi connectivity index (χ3n) is 1.62. The molecule has 0 aliphatic heterocycles. The Morgan fingerprint density at radius 2 is 2.06 bits per heavy atom. The summed E-state index contributed by atoms with van der Waals surface area (Å²) in [6.07, 6.45) is 0. The van der Waals surface area contributed by atoms with Crippen molar-refractivity contribution < 1.29 is 12.8 Å². The van der Waals surface area contributed by atoms with Gasteiger partial charge in [-0.1, -0.05) is 0 Å². The van der Waals surface area contributed by atoms with Crippen LogP contribution in [0.3, 0.4) is 0 Å². The average molecular weight is 239 g/mol. The number of hydrogen-bond acceptors (Lipinski definition) is 4. The van der Waals surface area contributed by atoms with E-state index >= 15 is 0 Å². The summed E-state index contributed by atoms with van der Waals surface area (Å²) in [6, 6.07) is 6.46. The van der Waals surface area contributed by atoms with Crippen LogP contribution in [0.2, 0.25) is 0 Å². The average Bonchev–Trinajstić information content (AvgIpc) is 2.20. The molecule has 0 aliphatic rings. The van der Waals surface area contributed by atoms with Crippen molar-refractivity contribution >= 4 is 15.7 Å². The van der Waals surface area contributed by atoms with Gasteiger partial charge in [-0.05, 0) is 18.2 Å². The zero-order chi connectivity index (χ0) is 12.2. The Balaban J connectivity index is 3.01. The van der Waals surface area contributed by atoms with Crippen LogP contribution in [0.1, 0.15) is 5.56 Å². The normalized spacial score (nSPS) is 10.2. The topological polar surface area (TPSA) is 93.8 Å². The van der Waals surface area contributed by atoms with Gasteiger partial charge in [0, 0.05) is 0 Å². The maximum atomic E-state index is 13.2. The molecule has 16 heavy (non-hydrogen) atoms. The van der Waals surface area contributed by atoms with Crippen molar-refractivity contribution in [3.8, 4) is 12.1 Å². The highest BCUT2D eigenvalue weighted by Gasteiger charge is 2.12. The Hall–Kier alpha value is -2.12. The lowest BCUT2D eigenvalue weighted by Gasteiger charge is -2.05. The molecule has 0 atom stereocenters. The van der Waals surface area contributed by atoms with Crippen molar-refractivity contribution in [2.24, 2.45) is 0 Å². The Morgan fingerprint density at radius 3 is 2.56 bits per heavy atom. The molecule has 0 bridgehead atoms. The highest BCUT2D eigenvalue weighted by atomic mass is 32.2. The van der Waals surface area contributed by atoms with Gasteiger partial charge in [-0.25, -0.2) is 12.8 Å². The van der Waals surface area contributed by atoms with Gasteiger partial charge in [0.15, 0.2) is 5.75 Å². The smallest absolute Gasteiger partial charge is 0.246 e. The minimum atomic E-state index is -3.86. The van der Waals surface area contributed by atoms with E-state index in [1.54, 1.807) is 6.07 Å². The second kappa shape index (κ2) is 4.60. The molecule has 0 fully saturated rings. The van der Waals surface area contributed by atoms with Crippen LogP contribution in [0.4, 0.5) is 10.1 Å². The van der Waals surface area contributed by atoms with E-state index in [0.29, 0.717) is 0 Å². The Labute approximate surface area is 91.8 Å². The molecule has 0 spiro atoms. The lowest BCUT2D eigenvalue weighted by Crippen LogP contribution is -2.16. The summed E-state index contributed by atoms with van der Waals surface area (Å²) in [4.78, 5) is 0. The molecular weight excluding hydrogens is 233 g/mol. The van der Waals surface area contributed by atoms with Gasteiger partial charge < -0.3 is 0 Å². The first-order chi connectivity index (χ1) is 7.48. The molecule has 0 radical (unpaired) electrons. The minimum absolute atomic E-state index is 0.0840. The zero-order valence-corrected chi connectivity index (χ0v) is 8.75. The number of rotatable bonds is 3. The van der Waals surface area contributed by atoms with Crippen LogP contribution in [-0.2, 0) is 10.0 Å². The summed E-state index contributed by atoms with van der Waals surface area (Å²) >= 11 is 0. The van der Waals surface area contributed by atoms with Crippen LogP contribution in [0, 0.1) is 28.5 Å². The summed E-state index contributed by atoms with van der Waals surface area (Å²) in [5, 5.41) is 16.7. The van der Waals surface area contributed by atoms with Crippen LogP contribution in [0.25, 0.3) is 0 Å². The lowest BCUT2D eigenvalue weighted by atomic mass is 10.2. The molecule has 0 saturated carbocycles. The van der Waals surface area contributed by atoms with E-state index in [2.05, 4.69) is 0 Å². The number of anilines is 1. The third kappa shape index (κ3) is 2.94. The van der Waals surface area contributed by atoms with Crippen LogP contribution in [0.15, 0.2) is 18.2 Å². The first-order valence-corrected chi connectivity index (χ1v) is 5.71. The van der Waals surface area contributed by atoms with Crippen LogP contribution >= 0.6 is 0 Å². The van der Waals surface area contributed by atoms with E-state index in [4.69, 9.17) is 10.5 Å². The molecule has 1 aromatic rings. The first-order valence-electron chi connectivity index (χ1n) is 4.05. The van der Waals surface area contributed by atoms with E-state index in [9.17, 15) is 12.8 Å². The molecule has 5 nitrogen and oxygen atoms in total. The van der Waals surface area contributed by atoms with Gasteiger partial charge in [0.05, 0.1) is 23.4 Å². The van der Waals surface area contributed by atoms with Gasteiger partial charge in [0.1, 0.15) is 5.82 Å². The maximum absolute atomic E-state index is 13.2. The predicted molar refractivity (Wildman–Crippen MR) is 54.1 cm³/mol. The molecule has 0 heterocycles. The van der Waals surface area contributed by atoms with Crippen LogP contribution < -0.4 is 4.72 Å². The standard InChI is InChI=1S/C9H6FN3O2S/c10-8-5-7(6-12)1-2-9(8)13-16(14,15)4-3-11/h1-2,5,13H,4H2. The minimum Gasteiger partial charge on any atom is -0.280 e. The van der Waals surface area contributed by atoms with Gasteiger partial charge in [0.25, 0.3) is 0 Å². The molecule has 0 amide bonds. The molecule has 0 aromatic heterocycles. The Bertz CT molecular complexity index is 584. The van der Waals surface area contributed by atoms with Gasteiger partial charge in [0.2, 0.25) is 10.0 Å². The van der Waals surface area contributed by atoms with Gasteiger partial charge in [-0.2, -0.15) is 10.5 Å². The summed E-state index contributed by atoms with van der Waals surface area (Å²) in [7, 11) is -3.86. The maximum Gasteiger partial charge on any atom is 0.246 e. The van der Waals surface area contributed by atoms with Crippen molar-refractivity contribution in [1.29, 1.82) is 10.5 Å². The highest BCUT2D eigenvalue weighted by molar-refractivity contribution is 7.92. The Kier molecular flexibility index (Phi) is 3.44. The quantitative estimate of drug-likeness (QED) is 0.850. The number of nitrogens with one attached hydrogen (secondary N) is 1. The van der Waals surface area contributed by atoms with E-state index < -0.39 is 21.6 Å². The van der Waals surface area contributed by atoms with Crippen molar-refractivity contribution in [1.82, 2.24) is 0 Å². The number of halogens is 1. The monoisotopic (exact) mass is 239 g/mol. The summed E-state index contributed by atoms with van der Waals surface area (Å²) in [5.74, 6) is -1.62. The predicted octanol–water partition coefficient (Wildman–Crippen LogP) is 0.963. The number of hydrogen-bond donors (Lipinski definition) is 1. The molecule has 1 N–H and O–H groups in total. The SMILES string of the molecule is N#CCS(=O)(=O)Nc1ccc(C#N)cc1F. The van der Waals surface area contributed by atoms with E-state index in [1.807, 2.05) is 4.72 Å². The molecule has 0 saturated heterocycles. The molecule has 0 unspecified atom stereocenters. The summed E-state index contributed by atoms with van der Waals surface area (Å²) < 4.78 is 37.4. The zero-order valence-electron chi connectivity index (χ0n) is 7.94. The molecule has 1 aromatic carbocycles. The first kappa shape index (κ1) is 12.0. The highest BCUT2D eigenvalue weighted by Crippen LogP contribution is 2.16. The van der Waals surface area contributed by atoms with E-state index in [0.717, 1.165) is 12.1 Å². The van der Waals surface area contributed by atoms with Crippen molar-refractivity contribution in [2.45, 2.75) is 0 Å². The molecule has 1 rings (SSSR count). The fourth-order valence-electron chi connectivity index (χ4n) is 0.956. The molecule has 0 aliphatic carbocycles. The van der Waals surface area contributed by atoms with Crippen molar-refractivity contribution in [3.05, 3.63) is 29.6 Å². The number of sulfonamides is 1. The molecule has 7 heteroatoms. The summed E-state index contributed by atoms with van der Waals surface area (Å²) in [5.41, 5.74) is -0.199. The molecule has 82 valence electrons. The number of nitriles is 2. The molecular formula is C9H6FN3O2S. The van der Waals surface area contributed by atoms with Gasteiger partial charge in [-0.15, -0.1) is 0 Å². The van der Waals surface area contributed by atoms with Crippen molar-refractivity contribution in [2.75, 3.05) is 10.5 Å². The van der Waals surface area contributed by atoms with Crippen molar-refractivity contribution in [3.63, 3.8) is 0 Å². The largest absolute Gasteiger partial charge is 0.280 e. The Morgan fingerprint density at radius 1 is 1.38 bits per heavy atom. The fourth-order valence-corrected chi connectivity index (χ4v) is 1.70. The van der Waals surface area contributed by atoms with E-state index in [1.165, 1.54) is 12.1 Å².